The maximum Gasteiger partial charge on any atom is 0.187 e. The van der Waals surface area contributed by atoms with Crippen molar-refractivity contribution < 1.29 is 0 Å². The molecule has 0 aliphatic carbocycles. The molecule has 0 bridgehead atoms. The van der Waals surface area contributed by atoms with Gasteiger partial charge in [0.05, 0.1) is 87.3 Å². The molecule has 13 aromatic carbocycles. The Kier molecular flexibility index (Phi) is 16.4. The minimum absolute atomic E-state index is 0.592. The predicted octanol–water partition coefficient (Wildman–Crippen LogP) is 26.3. The number of rotatable bonds is 14. The van der Waals surface area contributed by atoms with Crippen LogP contribution in [0.4, 0.5) is 45.5 Å². The van der Waals surface area contributed by atoms with Gasteiger partial charge in [0.1, 0.15) is 0 Å². The van der Waals surface area contributed by atoms with Crippen molar-refractivity contribution in [1.82, 2.24) is 39.0 Å². The summed E-state index contributed by atoms with van der Waals surface area (Å²) in [5.41, 5.74) is 26.8. The number of nitrogens with zero attached hydrogens (tertiary/aromatic N) is 12. The van der Waals surface area contributed by atoms with Gasteiger partial charge in [-0.15, -0.1) is 0 Å². The number of aromatic nitrogens is 8. The highest BCUT2D eigenvalue weighted by atomic mass is 15.2. The van der Waals surface area contributed by atoms with E-state index in [1.54, 1.807) is 6.20 Å². The van der Waals surface area contributed by atoms with Gasteiger partial charge in [-0.05, 0) is 195 Å². The van der Waals surface area contributed by atoms with Gasteiger partial charge in [0.15, 0.2) is 11.4 Å². The number of anilines is 6. The highest BCUT2D eigenvalue weighted by Gasteiger charge is 2.23. The fourth-order valence-corrected chi connectivity index (χ4v) is 16.1. The van der Waals surface area contributed by atoms with Crippen LogP contribution in [0.5, 0.6) is 0 Å². The van der Waals surface area contributed by atoms with E-state index < -0.39 is 0 Å². The average Bonchev–Trinajstić information content (AvgIpc) is 1.57. The van der Waals surface area contributed by atoms with Crippen molar-refractivity contribution in [2.45, 2.75) is 0 Å². The summed E-state index contributed by atoms with van der Waals surface area (Å²) in [6, 6.07) is 115. The molecule has 0 atom stereocenters. The number of pyridine rings is 6. The lowest BCUT2D eigenvalue weighted by atomic mass is 9.95. The summed E-state index contributed by atoms with van der Waals surface area (Å²) in [5.74, 6) is 0. The highest BCUT2D eigenvalue weighted by Crippen LogP contribution is 2.46. The number of para-hydroxylation sites is 3. The van der Waals surface area contributed by atoms with Crippen LogP contribution >= 0.6 is 0 Å². The molecular weight excluding hydrogens is 1370 g/mol. The lowest BCUT2D eigenvalue weighted by Gasteiger charge is -2.25. The van der Waals surface area contributed by atoms with Gasteiger partial charge in [0.25, 0.3) is 0 Å². The van der Waals surface area contributed by atoms with E-state index in [1.165, 1.54) is 65.2 Å². The third-order valence-electron chi connectivity index (χ3n) is 21.3. The van der Waals surface area contributed by atoms with Gasteiger partial charge < -0.3 is 18.9 Å². The molecule has 0 aliphatic heterocycles. The monoisotopic (exact) mass is 1430 g/mol. The van der Waals surface area contributed by atoms with Crippen LogP contribution < -0.4 is 9.80 Å². The number of benzene rings is 13. The molecule has 522 valence electrons. The van der Waals surface area contributed by atoms with Crippen molar-refractivity contribution in [2.75, 3.05) is 9.80 Å². The number of hydrogen-bond acceptors (Lipinski definition) is 8. The molecule has 0 saturated carbocycles. The Morgan fingerprint density at radius 2 is 0.661 bits per heavy atom. The third-order valence-corrected chi connectivity index (χ3v) is 21.3. The highest BCUT2D eigenvalue weighted by molar-refractivity contribution is 6.28. The molecule has 0 radical (unpaired) electrons. The third kappa shape index (κ3) is 11.6. The van der Waals surface area contributed by atoms with Gasteiger partial charge >= 0.3 is 0 Å². The van der Waals surface area contributed by atoms with E-state index in [0.29, 0.717) is 11.4 Å². The zero-order valence-electron chi connectivity index (χ0n) is 60.2. The first-order valence-electron chi connectivity index (χ1n) is 37.0. The summed E-state index contributed by atoms with van der Waals surface area (Å²) in [6.45, 7) is 14.9. The molecule has 8 aromatic heterocycles. The smallest absolute Gasteiger partial charge is 0.187 e. The van der Waals surface area contributed by atoms with E-state index in [0.717, 1.165) is 124 Å². The molecule has 0 fully saturated rings. The van der Waals surface area contributed by atoms with Crippen molar-refractivity contribution in [3.05, 3.63) is 400 Å². The van der Waals surface area contributed by atoms with Crippen molar-refractivity contribution in [3.8, 4) is 78.7 Å². The fourth-order valence-electron chi connectivity index (χ4n) is 16.1. The molecule has 0 aliphatic rings. The quantitative estimate of drug-likeness (QED) is 0.0784. The van der Waals surface area contributed by atoms with E-state index in [9.17, 15) is 0 Å². The Morgan fingerprint density at radius 3 is 1.11 bits per heavy atom. The minimum atomic E-state index is 0.592. The van der Waals surface area contributed by atoms with Gasteiger partial charge in [-0.25, -0.2) is 9.69 Å². The van der Waals surface area contributed by atoms with Crippen molar-refractivity contribution in [2.24, 2.45) is 0 Å². The largest absolute Gasteiger partial charge is 0.309 e. The van der Waals surface area contributed by atoms with Crippen LogP contribution in [-0.2, 0) is 0 Å². The van der Waals surface area contributed by atoms with Gasteiger partial charge in [0, 0.05) is 109 Å². The SMILES string of the molecule is [C-]#[N+]c1ccc(N(c2ccc(-c3cccc4cccnc34)cc2)c2ccc(-c3ccc(-c4ccc5c6c4ccc4cccc(c46)n5-c4ccccc4)cn3)nc2)cc1.[C-]#[N+]c1ccc(N(c2ccc(-c3cccnc3)cc2)c2ccc(-c3ccc(-c4ccc5c6c4ccc4cccc(c46)n5-c4ccccc4)cn3)nc2)cc1. The van der Waals surface area contributed by atoms with Crippen molar-refractivity contribution in [3.63, 3.8) is 0 Å². The van der Waals surface area contributed by atoms with E-state index >= 15 is 0 Å². The van der Waals surface area contributed by atoms with Gasteiger partial charge in [-0.1, -0.05) is 188 Å². The molecule has 21 rings (SSSR count). The van der Waals surface area contributed by atoms with Crippen LogP contribution in [0.2, 0.25) is 0 Å². The fraction of sp³-hybridized carbons (Fsp3) is 0. The maximum atomic E-state index is 7.48. The molecule has 0 spiro atoms. The topological polar surface area (TPSA) is 102 Å². The van der Waals surface area contributed by atoms with Crippen molar-refractivity contribution in [1.29, 1.82) is 0 Å². The summed E-state index contributed by atoms with van der Waals surface area (Å²) in [7, 11) is 0. The van der Waals surface area contributed by atoms with Crippen LogP contribution in [0.3, 0.4) is 0 Å². The number of fused-ring (bicyclic) bond motifs is 1. The minimum Gasteiger partial charge on any atom is -0.309 e. The number of hydrogen-bond donors (Lipinski definition) is 0. The van der Waals surface area contributed by atoms with Crippen LogP contribution in [0, 0.1) is 13.1 Å². The molecule has 0 amide bonds. The Balaban J connectivity index is 0.000000146. The summed E-state index contributed by atoms with van der Waals surface area (Å²) < 4.78 is 4.74. The second kappa shape index (κ2) is 27.9. The first-order chi connectivity index (χ1) is 55.4. The van der Waals surface area contributed by atoms with E-state index in [4.69, 9.17) is 33.1 Å². The molecular formula is C100H62N12. The Hall–Kier alpha value is -15.8. The standard InChI is InChI=1S/C52H32N6.C48H30N6/c1-53-38-19-23-41(24-20-38)57(40-21-15-34(16-22-40)44-13-5-9-36-10-7-31-54-52(36)44)42-25-29-47(56-33-42)46-28-18-37(32-55-46)43-27-30-49-51-45(43)26-17-35-8-6-14-48(50(35)51)58(49)39-11-3-2-4-12-39;1-49-36-16-20-39(21-17-36)53(38-18-12-32(13-19-38)34-8-6-28-50-29-34)40-22-26-44(52-31-40)43-25-15-35(30-51-43)41-24-27-46-48-42(41)23-14-33-7-5-11-45(47(33)48)54(46)37-9-3-2-4-10-37/h2-33H;2-31H. The molecule has 0 saturated heterocycles. The Bertz CT molecular complexity index is 7120. The first-order valence-corrected chi connectivity index (χ1v) is 37.0. The lowest BCUT2D eigenvalue weighted by Crippen LogP contribution is -2.10. The van der Waals surface area contributed by atoms with Gasteiger partial charge in [-0.3, -0.25) is 29.9 Å². The molecule has 0 unspecified atom stereocenters. The average molecular weight is 1430 g/mol. The predicted molar refractivity (Wildman–Crippen MR) is 458 cm³/mol. The summed E-state index contributed by atoms with van der Waals surface area (Å²) in [5, 5.41) is 11.1. The molecule has 12 nitrogen and oxygen atoms in total. The van der Waals surface area contributed by atoms with Crippen LogP contribution in [0.1, 0.15) is 0 Å². The van der Waals surface area contributed by atoms with E-state index in [2.05, 4.69) is 299 Å². The van der Waals surface area contributed by atoms with Crippen LogP contribution in [0.15, 0.2) is 377 Å². The van der Waals surface area contributed by atoms with Crippen LogP contribution in [-0.4, -0.2) is 39.0 Å². The first kappa shape index (κ1) is 65.7. The lowest BCUT2D eigenvalue weighted by molar-refractivity contribution is 1.18. The summed E-state index contributed by atoms with van der Waals surface area (Å²) in [4.78, 5) is 40.1. The molecule has 21 aromatic rings. The summed E-state index contributed by atoms with van der Waals surface area (Å²) >= 11 is 0. The second-order valence-electron chi connectivity index (χ2n) is 27.6. The zero-order chi connectivity index (χ0) is 74.6. The van der Waals surface area contributed by atoms with E-state index in [1.807, 2.05) is 110 Å². The summed E-state index contributed by atoms with van der Waals surface area (Å²) in [6.07, 6.45) is 13.2. The van der Waals surface area contributed by atoms with Crippen LogP contribution in [0.25, 0.3) is 164 Å². The molecule has 8 heterocycles. The Morgan fingerprint density at radius 1 is 0.250 bits per heavy atom. The van der Waals surface area contributed by atoms with E-state index in [-0.39, 0.29) is 0 Å². The van der Waals surface area contributed by atoms with Gasteiger partial charge in [0.2, 0.25) is 0 Å². The molecule has 12 heteroatoms. The molecule has 0 N–H and O–H groups in total. The second-order valence-corrected chi connectivity index (χ2v) is 27.6. The zero-order valence-corrected chi connectivity index (χ0v) is 60.2. The normalized spacial score (nSPS) is 11.4. The maximum absolute atomic E-state index is 7.48. The Labute approximate surface area is 645 Å². The molecule has 112 heavy (non-hydrogen) atoms. The van der Waals surface area contributed by atoms with Gasteiger partial charge in [-0.2, -0.15) is 0 Å². The van der Waals surface area contributed by atoms with Crippen molar-refractivity contribution >= 4 is 122 Å².